The number of sulfonamides is 1. The van der Waals surface area contributed by atoms with Crippen LogP contribution in [0.5, 0.6) is 0 Å². The highest BCUT2D eigenvalue weighted by Crippen LogP contribution is 2.14. The number of hydrogen-bond acceptors (Lipinski definition) is 3. The van der Waals surface area contributed by atoms with Crippen LogP contribution in [0.4, 0.5) is 0 Å². The number of nitrogens with one attached hydrogen (secondary N) is 1. The molecule has 0 aliphatic carbocycles. The van der Waals surface area contributed by atoms with Crippen LogP contribution in [0, 0.1) is 5.92 Å². The van der Waals surface area contributed by atoms with Gasteiger partial charge in [-0.15, -0.1) is 0 Å². The highest BCUT2D eigenvalue weighted by atomic mass is 32.2. The summed E-state index contributed by atoms with van der Waals surface area (Å²) in [6, 6.07) is -0.604. The molecule has 1 N–H and O–H groups in total. The summed E-state index contributed by atoms with van der Waals surface area (Å²) in [5.41, 5.74) is 0. The van der Waals surface area contributed by atoms with Gasteiger partial charge in [-0.2, -0.15) is 0 Å². The average Bonchev–Trinajstić information content (AvgIpc) is 2.79. The fourth-order valence-electron chi connectivity index (χ4n) is 2.13. The van der Waals surface area contributed by atoms with Gasteiger partial charge in [-0.25, -0.2) is 13.1 Å². The van der Waals surface area contributed by atoms with Gasteiger partial charge in [0.2, 0.25) is 15.9 Å². The number of likely N-dealkylation sites (tertiary alicyclic amines) is 1. The molecule has 1 aliphatic heterocycles. The van der Waals surface area contributed by atoms with Gasteiger partial charge in [-0.3, -0.25) is 4.79 Å². The maximum Gasteiger partial charge on any atom is 0.240 e. The van der Waals surface area contributed by atoms with E-state index in [9.17, 15) is 13.2 Å². The van der Waals surface area contributed by atoms with E-state index < -0.39 is 16.1 Å². The lowest BCUT2D eigenvalue weighted by Crippen LogP contribution is -2.48. The zero-order chi connectivity index (χ0) is 13.8. The molecule has 0 unspecified atom stereocenters. The smallest absolute Gasteiger partial charge is 0.240 e. The Kier molecular flexibility index (Phi) is 5.59. The Hall–Kier alpha value is -0.620. The van der Waals surface area contributed by atoms with Crippen LogP contribution in [-0.4, -0.2) is 44.1 Å². The van der Waals surface area contributed by atoms with Gasteiger partial charge < -0.3 is 4.90 Å². The molecule has 1 aliphatic rings. The first kappa shape index (κ1) is 15.4. The monoisotopic (exact) mass is 276 g/mol. The summed E-state index contributed by atoms with van der Waals surface area (Å²) in [7, 11) is -3.34. The van der Waals surface area contributed by atoms with Crippen LogP contribution in [0.1, 0.15) is 40.0 Å². The van der Waals surface area contributed by atoms with Crippen molar-refractivity contribution in [2.45, 2.75) is 46.1 Å². The molecule has 5 nitrogen and oxygen atoms in total. The van der Waals surface area contributed by atoms with Crippen LogP contribution in [0.3, 0.4) is 0 Å². The van der Waals surface area contributed by atoms with Crippen molar-refractivity contribution in [3.8, 4) is 0 Å². The standard InChI is InChI=1S/C12H24N2O3S/c1-4-18(16,17)13-11(9-10(2)3)12(15)14-7-5-6-8-14/h10-11,13H,4-9H2,1-3H3/t11-/m1/s1. The van der Waals surface area contributed by atoms with Crippen molar-refractivity contribution in [3.63, 3.8) is 0 Å². The first-order valence-corrected chi connectivity index (χ1v) is 8.29. The second-order valence-electron chi connectivity index (χ2n) is 5.24. The van der Waals surface area contributed by atoms with Crippen molar-refractivity contribution in [1.29, 1.82) is 0 Å². The Balaban J connectivity index is 2.73. The van der Waals surface area contributed by atoms with Gasteiger partial charge in [0.25, 0.3) is 0 Å². The second-order valence-corrected chi connectivity index (χ2v) is 7.28. The van der Waals surface area contributed by atoms with E-state index in [0.29, 0.717) is 6.42 Å². The molecule has 1 fully saturated rings. The van der Waals surface area contributed by atoms with Gasteiger partial charge in [-0.05, 0) is 32.1 Å². The number of rotatable bonds is 6. The van der Waals surface area contributed by atoms with Crippen molar-refractivity contribution in [3.05, 3.63) is 0 Å². The minimum atomic E-state index is -3.34. The highest BCUT2D eigenvalue weighted by molar-refractivity contribution is 7.89. The first-order chi connectivity index (χ1) is 8.35. The van der Waals surface area contributed by atoms with Crippen LogP contribution in [-0.2, 0) is 14.8 Å². The van der Waals surface area contributed by atoms with E-state index in [4.69, 9.17) is 0 Å². The average molecular weight is 276 g/mol. The van der Waals surface area contributed by atoms with Crippen molar-refractivity contribution < 1.29 is 13.2 Å². The number of nitrogens with zero attached hydrogens (tertiary/aromatic N) is 1. The molecule has 0 aromatic heterocycles. The van der Waals surface area contributed by atoms with Crippen LogP contribution in [0.25, 0.3) is 0 Å². The van der Waals surface area contributed by atoms with Crippen LogP contribution >= 0.6 is 0 Å². The lowest BCUT2D eigenvalue weighted by molar-refractivity contribution is -0.132. The summed E-state index contributed by atoms with van der Waals surface area (Å²) in [6.45, 7) is 7.06. The quantitative estimate of drug-likeness (QED) is 0.786. The maximum atomic E-state index is 12.3. The van der Waals surface area contributed by atoms with Crippen LogP contribution in [0.15, 0.2) is 0 Å². The van der Waals surface area contributed by atoms with Crippen LogP contribution in [0.2, 0.25) is 0 Å². The maximum absolute atomic E-state index is 12.3. The Bertz CT molecular complexity index is 373. The Morgan fingerprint density at radius 1 is 1.28 bits per heavy atom. The molecule has 0 bridgehead atoms. The molecule has 1 saturated heterocycles. The zero-order valence-electron chi connectivity index (χ0n) is 11.5. The Morgan fingerprint density at radius 3 is 2.28 bits per heavy atom. The molecule has 1 amide bonds. The fraction of sp³-hybridized carbons (Fsp3) is 0.917. The predicted octanol–water partition coefficient (Wildman–Crippen LogP) is 0.963. The minimum absolute atomic E-state index is 0.00880. The third-order valence-electron chi connectivity index (χ3n) is 3.12. The van der Waals surface area contributed by atoms with E-state index >= 15 is 0 Å². The number of carbonyl (C=O) groups is 1. The van der Waals surface area contributed by atoms with Gasteiger partial charge in [0.05, 0.1) is 5.75 Å². The normalized spacial score (nSPS) is 18.3. The molecule has 1 atom stereocenters. The summed E-state index contributed by atoms with van der Waals surface area (Å²) in [6.07, 6.45) is 2.58. The molecular formula is C12H24N2O3S. The summed E-state index contributed by atoms with van der Waals surface area (Å²) in [4.78, 5) is 14.0. The molecular weight excluding hydrogens is 252 g/mol. The predicted molar refractivity (Wildman–Crippen MR) is 71.7 cm³/mol. The summed E-state index contributed by atoms with van der Waals surface area (Å²) in [5.74, 6) is 0.217. The SMILES string of the molecule is CCS(=O)(=O)N[C@H](CC(C)C)C(=O)N1CCCC1. The third kappa shape index (κ3) is 4.57. The largest absolute Gasteiger partial charge is 0.341 e. The molecule has 6 heteroatoms. The number of amides is 1. The van der Waals surface area contributed by atoms with Crippen molar-refractivity contribution in [2.75, 3.05) is 18.8 Å². The van der Waals surface area contributed by atoms with Gasteiger partial charge in [-0.1, -0.05) is 13.8 Å². The van der Waals surface area contributed by atoms with E-state index in [1.807, 2.05) is 13.8 Å². The molecule has 106 valence electrons. The first-order valence-electron chi connectivity index (χ1n) is 6.64. The lowest BCUT2D eigenvalue weighted by atomic mass is 10.0. The van der Waals surface area contributed by atoms with Crippen molar-refractivity contribution in [2.24, 2.45) is 5.92 Å². The van der Waals surface area contributed by atoms with Gasteiger partial charge in [0, 0.05) is 13.1 Å². The number of carbonyl (C=O) groups excluding carboxylic acids is 1. The second kappa shape index (κ2) is 6.52. The Morgan fingerprint density at radius 2 is 1.83 bits per heavy atom. The van der Waals surface area contributed by atoms with Crippen molar-refractivity contribution >= 4 is 15.9 Å². The van der Waals surface area contributed by atoms with Gasteiger partial charge in [0.15, 0.2) is 0 Å². The van der Waals surface area contributed by atoms with Crippen LogP contribution < -0.4 is 4.72 Å². The topological polar surface area (TPSA) is 66.5 Å². The molecule has 0 aromatic carbocycles. The molecule has 0 spiro atoms. The molecule has 1 heterocycles. The van der Waals surface area contributed by atoms with E-state index in [0.717, 1.165) is 25.9 Å². The van der Waals surface area contributed by atoms with E-state index in [-0.39, 0.29) is 17.6 Å². The molecule has 0 aromatic rings. The minimum Gasteiger partial charge on any atom is -0.341 e. The summed E-state index contributed by atoms with van der Waals surface area (Å²) < 4.78 is 25.8. The Labute approximate surface area is 110 Å². The molecule has 0 radical (unpaired) electrons. The van der Waals surface area contributed by atoms with Gasteiger partial charge in [0.1, 0.15) is 6.04 Å². The van der Waals surface area contributed by atoms with E-state index in [1.165, 1.54) is 0 Å². The third-order valence-corrected chi connectivity index (χ3v) is 4.53. The lowest BCUT2D eigenvalue weighted by Gasteiger charge is -2.24. The van der Waals surface area contributed by atoms with E-state index in [2.05, 4.69) is 4.72 Å². The molecule has 0 saturated carbocycles. The summed E-state index contributed by atoms with van der Waals surface area (Å²) in [5, 5.41) is 0. The van der Waals surface area contributed by atoms with Gasteiger partial charge >= 0.3 is 0 Å². The molecule has 18 heavy (non-hydrogen) atoms. The fourth-order valence-corrected chi connectivity index (χ4v) is 2.93. The summed E-state index contributed by atoms with van der Waals surface area (Å²) >= 11 is 0. The van der Waals surface area contributed by atoms with E-state index in [1.54, 1.807) is 11.8 Å². The molecule has 1 rings (SSSR count). The highest BCUT2D eigenvalue weighted by Gasteiger charge is 2.29. The number of hydrogen-bond donors (Lipinski definition) is 1. The van der Waals surface area contributed by atoms with Crippen molar-refractivity contribution in [1.82, 2.24) is 9.62 Å². The zero-order valence-corrected chi connectivity index (χ0v) is 12.3.